The van der Waals surface area contributed by atoms with Crippen LogP contribution in [0.4, 0.5) is 0 Å². The number of ether oxygens (including phenoxy) is 3. The van der Waals surface area contributed by atoms with Crippen LogP contribution in [0.25, 0.3) is 4.96 Å². The van der Waals surface area contributed by atoms with Crippen LogP contribution in [0.2, 0.25) is 0 Å². The maximum Gasteiger partial charge on any atom is 0.338 e. The Labute approximate surface area is 171 Å². The molecule has 0 amide bonds. The van der Waals surface area contributed by atoms with E-state index in [0.717, 1.165) is 31.4 Å². The van der Waals surface area contributed by atoms with E-state index >= 15 is 0 Å². The zero-order chi connectivity index (χ0) is 20.4. The molecule has 2 aromatic heterocycles. The molecular weight excluding hydrogens is 392 g/mol. The molecule has 152 valence electrons. The largest absolute Gasteiger partial charge is 0.493 e. The van der Waals surface area contributed by atoms with Gasteiger partial charge in [0.25, 0.3) is 5.56 Å². The van der Waals surface area contributed by atoms with Crippen LogP contribution in [-0.2, 0) is 24.2 Å². The molecule has 8 heteroatoms. The normalized spacial score (nSPS) is 13.2. The van der Waals surface area contributed by atoms with Crippen LogP contribution in [0.5, 0.6) is 11.5 Å². The first kappa shape index (κ1) is 19.4. The molecule has 0 bridgehead atoms. The molecule has 0 radical (unpaired) electrons. The lowest BCUT2D eigenvalue weighted by Gasteiger charge is -2.11. The first-order valence-electron chi connectivity index (χ1n) is 9.62. The van der Waals surface area contributed by atoms with Gasteiger partial charge in [-0.05, 0) is 50.8 Å². The van der Waals surface area contributed by atoms with Crippen LogP contribution < -0.4 is 15.0 Å². The van der Waals surface area contributed by atoms with E-state index in [2.05, 4.69) is 4.98 Å². The third-order valence-corrected chi connectivity index (χ3v) is 6.01. The van der Waals surface area contributed by atoms with Crippen molar-refractivity contribution in [1.29, 1.82) is 0 Å². The lowest BCUT2D eigenvalue weighted by Crippen LogP contribution is -2.18. The van der Waals surface area contributed by atoms with E-state index in [0.29, 0.717) is 34.3 Å². The van der Waals surface area contributed by atoms with E-state index in [-0.39, 0.29) is 12.2 Å². The van der Waals surface area contributed by atoms with Crippen LogP contribution in [0.1, 0.15) is 46.4 Å². The summed E-state index contributed by atoms with van der Waals surface area (Å²) in [4.78, 5) is 31.5. The van der Waals surface area contributed by atoms with Gasteiger partial charge in [-0.3, -0.25) is 9.20 Å². The van der Waals surface area contributed by atoms with Crippen molar-refractivity contribution in [1.82, 2.24) is 9.38 Å². The first-order chi connectivity index (χ1) is 14.1. The van der Waals surface area contributed by atoms with Crippen molar-refractivity contribution >= 4 is 22.3 Å². The van der Waals surface area contributed by atoms with Crippen molar-refractivity contribution in [2.75, 3.05) is 13.7 Å². The van der Waals surface area contributed by atoms with Gasteiger partial charge in [-0.25, -0.2) is 9.78 Å². The summed E-state index contributed by atoms with van der Waals surface area (Å²) in [6, 6.07) is 6.31. The van der Waals surface area contributed by atoms with Gasteiger partial charge in [-0.15, -0.1) is 11.3 Å². The van der Waals surface area contributed by atoms with Gasteiger partial charge in [-0.2, -0.15) is 0 Å². The minimum atomic E-state index is -0.513. The lowest BCUT2D eigenvalue weighted by atomic mass is 10.0. The van der Waals surface area contributed by atoms with Crippen LogP contribution in [-0.4, -0.2) is 29.1 Å². The Kier molecular flexibility index (Phi) is 5.53. The second-order valence-corrected chi connectivity index (χ2v) is 7.82. The number of fused-ring (bicyclic) bond motifs is 3. The number of carbonyl (C=O) groups is 1. The van der Waals surface area contributed by atoms with Gasteiger partial charge in [0, 0.05) is 16.6 Å². The Morgan fingerprint density at radius 1 is 1.21 bits per heavy atom. The number of rotatable bonds is 6. The number of aromatic nitrogens is 2. The van der Waals surface area contributed by atoms with Crippen LogP contribution in [0.15, 0.2) is 29.1 Å². The third kappa shape index (κ3) is 3.85. The Morgan fingerprint density at radius 2 is 2.03 bits per heavy atom. The number of esters is 1. The summed E-state index contributed by atoms with van der Waals surface area (Å²) >= 11 is 1.55. The van der Waals surface area contributed by atoms with Gasteiger partial charge >= 0.3 is 5.97 Å². The Morgan fingerprint density at radius 3 is 2.83 bits per heavy atom. The van der Waals surface area contributed by atoms with Gasteiger partial charge in [0.1, 0.15) is 6.61 Å². The molecule has 0 saturated carbocycles. The molecule has 3 aromatic rings. The topological polar surface area (TPSA) is 79.1 Å². The molecule has 4 rings (SSSR count). The van der Waals surface area contributed by atoms with Crippen molar-refractivity contribution in [2.24, 2.45) is 0 Å². The molecule has 0 unspecified atom stereocenters. The number of aryl methyl sites for hydroxylation is 2. The molecule has 0 atom stereocenters. The number of nitrogens with zero attached hydrogens (tertiary/aromatic N) is 2. The summed E-state index contributed by atoms with van der Waals surface area (Å²) in [6.45, 7) is 2.24. The molecule has 0 aliphatic heterocycles. The van der Waals surface area contributed by atoms with Gasteiger partial charge in [0.05, 0.1) is 25.0 Å². The zero-order valence-corrected chi connectivity index (χ0v) is 17.2. The van der Waals surface area contributed by atoms with Gasteiger partial charge in [0.2, 0.25) is 0 Å². The fourth-order valence-electron chi connectivity index (χ4n) is 3.51. The van der Waals surface area contributed by atoms with Gasteiger partial charge in [0.15, 0.2) is 16.5 Å². The molecular formula is C21H22N2O5S. The summed E-state index contributed by atoms with van der Waals surface area (Å²) in [7, 11) is 1.54. The molecule has 1 aromatic carbocycles. The first-order valence-corrected chi connectivity index (χ1v) is 10.4. The molecule has 29 heavy (non-hydrogen) atoms. The SMILES string of the molecule is CCOc1cc(C(=O)OCc2cc(=O)n3c4c(sc3n2)CCCC4)ccc1OC. The third-order valence-electron chi connectivity index (χ3n) is 4.87. The average Bonchev–Trinajstić information content (AvgIpc) is 3.11. The predicted octanol–water partition coefficient (Wildman–Crippen LogP) is 3.40. The maximum atomic E-state index is 12.6. The Balaban J connectivity index is 1.53. The maximum absolute atomic E-state index is 12.6. The van der Waals surface area contributed by atoms with E-state index in [1.54, 1.807) is 41.0 Å². The predicted molar refractivity (Wildman–Crippen MR) is 109 cm³/mol. The van der Waals surface area contributed by atoms with Crippen molar-refractivity contribution in [2.45, 2.75) is 39.2 Å². The molecule has 0 N–H and O–H groups in total. The summed E-state index contributed by atoms with van der Waals surface area (Å²) in [5.74, 6) is 0.512. The molecule has 2 heterocycles. The monoisotopic (exact) mass is 414 g/mol. The zero-order valence-electron chi connectivity index (χ0n) is 16.4. The highest BCUT2D eigenvalue weighted by Gasteiger charge is 2.19. The summed E-state index contributed by atoms with van der Waals surface area (Å²) < 4.78 is 17.8. The van der Waals surface area contributed by atoms with Crippen molar-refractivity contribution in [3.05, 3.63) is 56.4 Å². The standard InChI is InChI=1S/C21H22N2O5S/c1-3-27-17-10-13(8-9-16(17)26-2)20(25)28-12-14-11-19(24)23-15-6-4-5-7-18(15)29-21(23)22-14/h8-11H,3-7,12H2,1-2H3. The van der Waals surface area contributed by atoms with Gasteiger partial charge in [-0.1, -0.05) is 0 Å². The van der Waals surface area contributed by atoms with E-state index < -0.39 is 5.97 Å². The number of carbonyl (C=O) groups excluding carboxylic acids is 1. The number of benzene rings is 1. The second kappa shape index (κ2) is 8.24. The van der Waals surface area contributed by atoms with E-state index in [1.807, 2.05) is 6.92 Å². The Bertz CT molecular complexity index is 1120. The number of thiazole rings is 1. The fraction of sp³-hybridized carbons (Fsp3) is 0.381. The molecule has 7 nitrogen and oxygen atoms in total. The van der Waals surface area contributed by atoms with Gasteiger partial charge < -0.3 is 14.2 Å². The van der Waals surface area contributed by atoms with E-state index in [1.165, 1.54) is 10.9 Å². The molecule has 1 aliphatic carbocycles. The highest BCUT2D eigenvalue weighted by Crippen LogP contribution is 2.29. The number of hydrogen-bond acceptors (Lipinski definition) is 7. The summed E-state index contributed by atoms with van der Waals surface area (Å²) in [5.41, 5.74) is 1.75. The Hall–Kier alpha value is -2.87. The van der Waals surface area contributed by atoms with Crippen LogP contribution in [0, 0.1) is 0 Å². The average molecular weight is 414 g/mol. The highest BCUT2D eigenvalue weighted by atomic mass is 32.1. The van der Waals surface area contributed by atoms with Crippen molar-refractivity contribution < 1.29 is 19.0 Å². The van der Waals surface area contributed by atoms with E-state index in [9.17, 15) is 9.59 Å². The van der Waals surface area contributed by atoms with Crippen LogP contribution >= 0.6 is 11.3 Å². The minimum absolute atomic E-state index is 0.0663. The fourth-order valence-corrected chi connectivity index (χ4v) is 4.74. The second-order valence-electron chi connectivity index (χ2n) is 6.76. The van der Waals surface area contributed by atoms with Crippen molar-refractivity contribution in [3.8, 4) is 11.5 Å². The number of methoxy groups -OCH3 is 1. The highest BCUT2D eigenvalue weighted by molar-refractivity contribution is 7.17. The summed E-state index contributed by atoms with van der Waals surface area (Å²) in [5, 5.41) is 0. The van der Waals surface area contributed by atoms with Crippen LogP contribution in [0.3, 0.4) is 0 Å². The van der Waals surface area contributed by atoms with E-state index in [4.69, 9.17) is 14.2 Å². The molecule has 0 fully saturated rings. The molecule has 0 spiro atoms. The summed E-state index contributed by atoms with van der Waals surface area (Å²) in [6.07, 6.45) is 4.14. The molecule has 0 saturated heterocycles. The smallest absolute Gasteiger partial charge is 0.338 e. The molecule has 1 aliphatic rings. The lowest BCUT2D eigenvalue weighted by molar-refractivity contribution is 0.0467. The van der Waals surface area contributed by atoms with Crippen molar-refractivity contribution in [3.63, 3.8) is 0 Å². The quantitative estimate of drug-likeness (QED) is 0.575. The minimum Gasteiger partial charge on any atom is -0.493 e. The number of hydrogen-bond donors (Lipinski definition) is 0.